The first kappa shape index (κ1) is 17.8. The maximum absolute atomic E-state index is 12.8. The van der Waals surface area contributed by atoms with E-state index in [1.807, 2.05) is 10.9 Å². The molecule has 1 aliphatic carbocycles. The smallest absolute Gasteiger partial charge is 0.378 e. The number of halogens is 3. The van der Waals surface area contributed by atoms with Crippen LogP contribution < -0.4 is 5.32 Å². The molecule has 1 aromatic carbocycles. The third kappa shape index (κ3) is 3.65. The van der Waals surface area contributed by atoms with E-state index >= 15 is 0 Å². The van der Waals surface area contributed by atoms with Gasteiger partial charge in [-0.3, -0.25) is 4.68 Å². The first-order chi connectivity index (χ1) is 11.8. The lowest BCUT2D eigenvalue weighted by Crippen LogP contribution is -2.24. The van der Waals surface area contributed by atoms with E-state index < -0.39 is 20.2 Å². The molecule has 1 N–H and O–H groups in total. The van der Waals surface area contributed by atoms with Crippen LogP contribution in [0.2, 0.25) is 0 Å². The molecular formula is C16H18F3N3O2S. The second kappa shape index (κ2) is 6.70. The third-order valence-corrected chi connectivity index (χ3v) is 5.85. The van der Waals surface area contributed by atoms with Crippen LogP contribution in [0.4, 0.5) is 18.9 Å². The second-order valence-corrected chi connectivity index (χ2v) is 7.93. The summed E-state index contributed by atoms with van der Waals surface area (Å²) in [7, 11) is -5.41. The van der Waals surface area contributed by atoms with Gasteiger partial charge < -0.3 is 5.32 Å². The van der Waals surface area contributed by atoms with Crippen LogP contribution in [0.3, 0.4) is 0 Å². The molecule has 0 aliphatic heterocycles. The second-order valence-electron chi connectivity index (χ2n) is 6.02. The van der Waals surface area contributed by atoms with Crippen LogP contribution in [0.5, 0.6) is 0 Å². The minimum Gasteiger partial charge on any atom is -0.378 e. The Morgan fingerprint density at radius 2 is 1.84 bits per heavy atom. The Balaban J connectivity index is 1.76. The van der Waals surface area contributed by atoms with Crippen molar-refractivity contribution >= 4 is 15.5 Å². The van der Waals surface area contributed by atoms with Crippen molar-refractivity contribution in [3.8, 4) is 0 Å². The standard InChI is InChI=1S/C16H18F3N3O2S/c17-16(18,19)25(23,24)15-8-4-3-7-14(15)20-11-12-9-10-22(21-12)13-5-1-2-6-13/h3-4,7-10,13,20H,1-2,5-6,11H2. The van der Waals surface area contributed by atoms with E-state index in [0.717, 1.165) is 18.9 Å². The molecular weight excluding hydrogens is 355 g/mol. The fraction of sp³-hybridized carbons (Fsp3) is 0.438. The van der Waals surface area contributed by atoms with Gasteiger partial charge in [0.1, 0.15) is 0 Å². The maximum atomic E-state index is 12.8. The molecule has 5 nitrogen and oxygen atoms in total. The predicted octanol–water partition coefficient (Wildman–Crippen LogP) is 3.90. The zero-order valence-corrected chi connectivity index (χ0v) is 14.1. The molecule has 0 unspecified atom stereocenters. The summed E-state index contributed by atoms with van der Waals surface area (Å²) >= 11 is 0. The average molecular weight is 373 g/mol. The average Bonchev–Trinajstić information content (AvgIpc) is 3.23. The van der Waals surface area contributed by atoms with Gasteiger partial charge in [-0.25, -0.2) is 8.42 Å². The number of anilines is 1. The van der Waals surface area contributed by atoms with Crippen molar-refractivity contribution in [3.05, 3.63) is 42.2 Å². The maximum Gasteiger partial charge on any atom is 0.501 e. The number of alkyl halides is 3. The van der Waals surface area contributed by atoms with Crippen molar-refractivity contribution in [2.75, 3.05) is 5.32 Å². The Morgan fingerprint density at radius 3 is 2.52 bits per heavy atom. The van der Waals surface area contributed by atoms with Crippen molar-refractivity contribution < 1.29 is 21.6 Å². The molecule has 2 aromatic rings. The van der Waals surface area contributed by atoms with E-state index in [1.165, 1.54) is 31.0 Å². The molecule has 1 heterocycles. The van der Waals surface area contributed by atoms with E-state index in [-0.39, 0.29) is 12.2 Å². The summed E-state index contributed by atoms with van der Waals surface area (Å²) in [6, 6.07) is 7.15. The lowest BCUT2D eigenvalue weighted by Gasteiger charge is -2.13. The molecule has 1 aromatic heterocycles. The minimum atomic E-state index is -5.41. The van der Waals surface area contributed by atoms with E-state index in [1.54, 1.807) is 6.07 Å². The summed E-state index contributed by atoms with van der Waals surface area (Å²) in [6.07, 6.45) is 6.33. The summed E-state index contributed by atoms with van der Waals surface area (Å²) in [5, 5.41) is 7.19. The van der Waals surface area contributed by atoms with E-state index in [0.29, 0.717) is 11.7 Å². The number of aromatic nitrogens is 2. The van der Waals surface area contributed by atoms with E-state index in [2.05, 4.69) is 10.4 Å². The zero-order chi connectivity index (χ0) is 18.1. The Bertz CT molecular complexity index is 840. The Hall–Kier alpha value is -2.03. The fourth-order valence-corrected chi connectivity index (χ4v) is 3.94. The molecule has 0 saturated heterocycles. The van der Waals surface area contributed by atoms with Gasteiger partial charge in [0.2, 0.25) is 0 Å². The summed E-state index contributed by atoms with van der Waals surface area (Å²) < 4.78 is 63.7. The molecule has 0 radical (unpaired) electrons. The highest BCUT2D eigenvalue weighted by atomic mass is 32.2. The zero-order valence-electron chi connectivity index (χ0n) is 13.3. The van der Waals surface area contributed by atoms with Crippen LogP contribution in [-0.4, -0.2) is 23.7 Å². The number of hydrogen-bond donors (Lipinski definition) is 1. The normalized spacial score (nSPS) is 16.3. The molecule has 0 atom stereocenters. The van der Waals surface area contributed by atoms with Crippen molar-refractivity contribution in [1.29, 1.82) is 0 Å². The van der Waals surface area contributed by atoms with Gasteiger partial charge in [0.25, 0.3) is 9.84 Å². The van der Waals surface area contributed by atoms with Crippen molar-refractivity contribution in [2.24, 2.45) is 0 Å². The van der Waals surface area contributed by atoms with Crippen LogP contribution in [0, 0.1) is 0 Å². The summed E-state index contributed by atoms with van der Waals surface area (Å²) in [4.78, 5) is -0.780. The predicted molar refractivity (Wildman–Crippen MR) is 86.7 cm³/mol. The number of nitrogens with zero attached hydrogens (tertiary/aromatic N) is 2. The van der Waals surface area contributed by atoms with Gasteiger partial charge in [0, 0.05) is 6.20 Å². The number of benzene rings is 1. The largest absolute Gasteiger partial charge is 0.501 e. The number of hydrogen-bond acceptors (Lipinski definition) is 4. The number of sulfone groups is 1. The van der Waals surface area contributed by atoms with Crippen LogP contribution in [0.15, 0.2) is 41.4 Å². The molecule has 1 aliphatic rings. The van der Waals surface area contributed by atoms with Gasteiger partial charge in [-0.2, -0.15) is 18.3 Å². The first-order valence-electron chi connectivity index (χ1n) is 7.97. The van der Waals surface area contributed by atoms with E-state index in [4.69, 9.17) is 0 Å². The Labute approximate surface area is 143 Å². The summed E-state index contributed by atoms with van der Waals surface area (Å²) in [5.41, 5.74) is -4.78. The van der Waals surface area contributed by atoms with Gasteiger partial charge in [0.05, 0.1) is 28.9 Å². The Kier molecular flexibility index (Phi) is 4.77. The van der Waals surface area contributed by atoms with Gasteiger partial charge in [-0.05, 0) is 31.0 Å². The van der Waals surface area contributed by atoms with Gasteiger partial charge >= 0.3 is 5.51 Å². The van der Waals surface area contributed by atoms with Crippen molar-refractivity contribution in [2.45, 2.75) is 48.7 Å². The quantitative estimate of drug-likeness (QED) is 0.863. The lowest BCUT2D eigenvalue weighted by atomic mass is 10.3. The van der Waals surface area contributed by atoms with Crippen LogP contribution >= 0.6 is 0 Å². The van der Waals surface area contributed by atoms with Gasteiger partial charge in [-0.1, -0.05) is 25.0 Å². The monoisotopic (exact) mass is 373 g/mol. The highest BCUT2D eigenvalue weighted by Gasteiger charge is 2.47. The lowest BCUT2D eigenvalue weighted by molar-refractivity contribution is -0.0435. The molecule has 0 spiro atoms. The van der Waals surface area contributed by atoms with Gasteiger partial charge in [0.15, 0.2) is 0 Å². The topological polar surface area (TPSA) is 64.0 Å². The molecule has 136 valence electrons. The number of nitrogens with one attached hydrogen (secondary N) is 1. The van der Waals surface area contributed by atoms with Crippen LogP contribution in [0.25, 0.3) is 0 Å². The van der Waals surface area contributed by atoms with Crippen molar-refractivity contribution in [3.63, 3.8) is 0 Å². The Morgan fingerprint density at radius 1 is 1.16 bits per heavy atom. The number of rotatable bonds is 5. The SMILES string of the molecule is O=S(=O)(c1ccccc1NCc1ccn(C2CCCC2)n1)C(F)(F)F. The fourth-order valence-electron chi connectivity index (χ4n) is 3.00. The summed E-state index contributed by atoms with van der Waals surface area (Å²) in [5.74, 6) is 0. The van der Waals surface area contributed by atoms with Crippen LogP contribution in [0.1, 0.15) is 37.4 Å². The van der Waals surface area contributed by atoms with Crippen LogP contribution in [-0.2, 0) is 16.4 Å². The first-order valence-corrected chi connectivity index (χ1v) is 9.45. The molecule has 3 rings (SSSR count). The highest BCUT2D eigenvalue weighted by Crippen LogP contribution is 2.34. The molecule has 25 heavy (non-hydrogen) atoms. The molecule has 1 fully saturated rings. The highest BCUT2D eigenvalue weighted by molar-refractivity contribution is 7.92. The molecule has 9 heteroatoms. The molecule has 0 bridgehead atoms. The van der Waals surface area contributed by atoms with Crippen molar-refractivity contribution in [1.82, 2.24) is 9.78 Å². The molecule has 0 amide bonds. The minimum absolute atomic E-state index is 0.0877. The third-order valence-electron chi connectivity index (χ3n) is 4.30. The molecule has 1 saturated carbocycles. The van der Waals surface area contributed by atoms with E-state index in [9.17, 15) is 21.6 Å². The summed E-state index contributed by atoms with van der Waals surface area (Å²) in [6.45, 7) is 0.143. The van der Waals surface area contributed by atoms with Gasteiger partial charge in [-0.15, -0.1) is 0 Å². The number of para-hydroxylation sites is 1.